The molecule has 0 radical (unpaired) electrons. The SMILES string of the molecule is COc1cccc2c1OCC(NC(=O)Cc1c(C)n[nH]c1C)C2. The van der Waals surface area contributed by atoms with Gasteiger partial charge in [-0.2, -0.15) is 5.10 Å². The fraction of sp³-hybridized carbons (Fsp3) is 0.412. The number of nitrogens with zero attached hydrogens (tertiary/aromatic N) is 1. The number of benzene rings is 1. The zero-order valence-electron chi connectivity index (χ0n) is 13.6. The van der Waals surface area contributed by atoms with E-state index in [1.807, 2.05) is 32.0 Å². The molecule has 0 aliphatic carbocycles. The van der Waals surface area contributed by atoms with Crippen molar-refractivity contribution in [2.24, 2.45) is 0 Å². The molecule has 6 nitrogen and oxygen atoms in total. The number of nitrogens with one attached hydrogen (secondary N) is 2. The first-order valence-electron chi connectivity index (χ1n) is 7.67. The number of carbonyl (C=O) groups is 1. The van der Waals surface area contributed by atoms with Crippen LogP contribution in [0.15, 0.2) is 18.2 Å². The summed E-state index contributed by atoms with van der Waals surface area (Å²) >= 11 is 0. The lowest BCUT2D eigenvalue weighted by molar-refractivity contribution is -0.121. The molecule has 1 unspecified atom stereocenters. The van der Waals surface area contributed by atoms with Crippen molar-refractivity contribution in [3.8, 4) is 11.5 Å². The third-order valence-electron chi connectivity index (χ3n) is 4.16. The quantitative estimate of drug-likeness (QED) is 0.900. The van der Waals surface area contributed by atoms with Gasteiger partial charge in [0, 0.05) is 16.8 Å². The Kier molecular flexibility index (Phi) is 4.23. The Bertz CT molecular complexity index is 704. The highest BCUT2D eigenvalue weighted by atomic mass is 16.5. The average Bonchev–Trinajstić information content (AvgIpc) is 2.86. The molecule has 1 amide bonds. The highest BCUT2D eigenvalue weighted by Gasteiger charge is 2.24. The van der Waals surface area contributed by atoms with Gasteiger partial charge in [0.25, 0.3) is 0 Å². The predicted octanol–water partition coefficient (Wildman–Crippen LogP) is 1.70. The smallest absolute Gasteiger partial charge is 0.224 e. The van der Waals surface area contributed by atoms with Gasteiger partial charge in [-0.3, -0.25) is 9.89 Å². The number of ether oxygens (including phenoxy) is 2. The molecule has 1 aromatic heterocycles. The minimum Gasteiger partial charge on any atom is -0.493 e. The number of methoxy groups -OCH3 is 1. The topological polar surface area (TPSA) is 76.2 Å². The van der Waals surface area contributed by atoms with E-state index in [9.17, 15) is 4.79 Å². The van der Waals surface area contributed by atoms with Crippen LogP contribution in [0.3, 0.4) is 0 Å². The number of H-pyrrole nitrogens is 1. The fourth-order valence-corrected chi connectivity index (χ4v) is 2.92. The summed E-state index contributed by atoms with van der Waals surface area (Å²) < 4.78 is 11.1. The lowest BCUT2D eigenvalue weighted by Crippen LogP contribution is -2.43. The first-order chi connectivity index (χ1) is 11.1. The van der Waals surface area contributed by atoms with Crippen LogP contribution in [0.4, 0.5) is 0 Å². The molecule has 2 aromatic rings. The van der Waals surface area contributed by atoms with E-state index in [4.69, 9.17) is 9.47 Å². The minimum atomic E-state index is -0.0328. The van der Waals surface area contributed by atoms with E-state index in [2.05, 4.69) is 15.5 Å². The van der Waals surface area contributed by atoms with Gasteiger partial charge >= 0.3 is 0 Å². The Morgan fingerprint density at radius 1 is 1.48 bits per heavy atom. The molecule has 6 heteroatoms. The number of amides is 1. The molecular weight excluding hydrogens is 294 g/mol. The largest absolute Gasteiger partial charge is 0.493 e. The Hall–Kier alpha value is -2.50. The van der Waals surface area contributed by atoms with Gasteiger partial charge in [-0.1, -0.05) is 12.1 Å². The molecule has 2 heterocycles. The molecule has 3 rings (SSSR count). The van der Waals surface area contributed by atoms with Crippen molar-refractivity contribution in [2.45, 2.75) is 32.7 Å². The third kappa shape index (κ3) is 3.16. The van der Waals surface area contributed by atoms with E-state index in [-0.39, 0.29) is 11.9 Å². The molecule has 0 saturated heterocycles. The number of aromatic nitrogens is 2. The molecule has 1 aliphatic heterocycles. The predicted molar refractivity (Wildman–Crippen MR) is 85.9 cm³/mol. The summed E-state index contributed by atoms with van der Waals surface area (Å²) in [5.74, 6) is 1.50. The van der Waals surface area contributed by atoms with Crippen molar-refractivity contribution in [1.29, 1.82) is 0 Å². The van der Waals surface area contributed by atoms with Gasteiger partial charge in [0.15, 0.2) is 11.5 Å². The van der Waals surface area contributed by atoms with Crippen molar-refractivity contribution in [1.82, 2.24) is 15.5 Å². The lowest BCUT2D eigenvalue weighted by atomic mass is 10.0. The Labute approximate surface area is 135 Å². The number of rotatable bonds is 4. The number of hydrogen-bond donors (Lipinski definition) is 2. The molecule has 0 fully saturated rings. The van der Waals surface area contributed by atoms with Gasteiger partial charge in [0.2, 0.25) is 5.91 Å². The number of fused-ring (bicyclic) bond motifs is 1. The summed E-state index contributed by atoms with van der Waals surface area (Å²) in [7, 11) is 1.63. The van der Waals surface area contributed by atoms with Gasteiger partial charge < -0.3 is 14.8 Å². The zero-order valence-corrected chi connectivity index (χ0v) is 13.6. The normalized spacial score (nSPS) is 16.4. The second-order valence-corrected chi connectivity index (χ2v) is 5.82. The third-order valence-corrected chi connectivity index (χ3v) is 4.16. The maximum atomic E-state index is 12.3. The van der Waals surface area contributed by atoms with Crippen LogP contribution in [0.25, 0.3) is 0 Å². The second-order valence-electron chi connectivity index (χ2n) is 5.82. The van der Waals surface area contributed by atoms with E-state index >= 15 is 0 Å². The van der Waals surface area contributed by atoms with E-state index in [1.54, 1.807) is 7.11 Å². The zero-order chi connectivity index (χ0) is 16.4. The summed E-state index contributed by atoms with van der Waals surface area (Å²) in [6.07, 6.45) is 1.07. The Balaban J connectivity index is 1.64. The van der Waals surface area contributed by atoms with Crippen LogP contribution in [0, 0.1) is 13.8 Å². The Morgan fingerprint density at radius 2 is 2.30 bits per heavy atom. The lowest BCUT2D eigenvalue weighted by Gasteiger charge is -2.27. The molecule has 2 N–H and O–H groups in total. The van der Waals surface area contributed by atoms with Crippen LogP contribution in [0.1, 0.15) is 22.5 Å². The summed E-state index contributed by atoms with van der Waals surface area (Å²) in [5.41, 5.74) is 3.82. The molecule has 1 aromatic carbocycles. The van der Waals surface area contributed by atoms with E-state index in [1.165, 1.54) is 0 Å². The summed E-state index contributed by atoms with van der Waals surface area (Å²) in [5, 5.41) is 10.1. The second kappa shape index (κ2) is 6.32. The number of hydrogen-bond acceptors (Lipinski definition) is 4. The standard InChI is InChI=1S/C17H21N3O3/c1-10-14(11(2)20-19-10)8-16(21)18-13-7-12-5-4-6-15(22-3)17(12)23-9-13/h4-6,13H,7-9H2,1-3H3,(H,18,21)(H,19,20). The average molecular weight is 315 g/mol. The van der Waals surface area contributed by atoms with E-state index in [0.717, 1.165) is 40.4 Å². The molecule has 0 saturated carbocycles. The number of para-hydroxylation sites is 1. The van der Waals surface area contributed by atoms with Gasteiger partial charge in [-0.05, 0) is 26.3 Å². The molecular formula is C17H21N3O3. The van der Waals surface area contributed by atoms with Crippen molar-refractivity contribution in [3.05, 3.63) is 40.7 Å². The molecule has 23 heavy (non-hydrogen) atoms. The highest BCUT2D eigenvalue weighted by Crippen LogP contribution is 2.34. The van der Waals surface area contributed by atoms with Crippen LogP contribution in [-0.4, -0.2) is 35.9 Å². The fourth-order valence-electron chi connectivity index (χ4n) is 2.92. The van der Waals surface area contributed by atoms with Gasteiger partial charge in [0.1, 0.15) is 6.61 Å². The van der Waals surface area contributed by atoms with E-state index in [0.29, 0.717) is 13.0 Å². The molecule has 122 valence electrons. The van der Waals surface area contributed by atoms with Crippen molar-refractivity contribution >= 4 is 5.91 Å². The van der Waals surface area contributed by atoms with Gasteiger partial charge in [-0.15, -0.1) is 0 Å². The van der Waals surface area contributed by atoms with Crippen molar-refractivity contribution < 1.29 is 14.3 Å². The van der Waals surface area contributed by atoms with E-state index < -0.39 is 0 Å². The first kappa shape index (κ1) is 15.4. The van der Waals surface area contributed by atoms with Gasteiger partial charge in [0.05, 0.1) is 25.3 Å². The van der Waals surface area contributed by atoms with Crippen LogP contribution < -0.4 is 14.8 Å². The van der Waals surface area contributed by atoms with Crippen molar-refractivity contribution in [3.63, 3.8) is 0 Å². The molecule has 0 bridgehead atoms. The summed E-state index contributed by atoms with van der Waals surface area (Å²) in [4.78, 5) is 12.3. The molecule has 1 aliphatic rings. The summed E-state index contributed by atoms with van der Waals surface area (Å²) in [6, 6.07) is 5.78. The van der Waals surface area contributed by atoms with Crippen LogP contribution in [0.2, 0.25) is 0 Å². The number of aromatic amines is 1. The molecule has 0 spiro atoms. The maximum Gasteiger partial charge on any atom is 0.224 e. The maximum absolute atomic E-state index is 12.3. The van der Waals surface area contributed by atoms with Crippen LogP contribution in [0.5, 0.6) is 11.5 Å². The Morgan fingerprint density at radius 3 is 3.00 bits per heavy atom. The highest BCUT2D eigenvalue weighted by molar-refractivity contribution is 5.79. The van der Waals surface area contributed by atoms with Gasteiger partial charge in [-0.25, -0.2) is 0 Å². The van der Waals surface area contributed by atoms with Crippen molar-refractivity contribution in [2.75, 3.05) is 13.7 Å². The number of aryl methyl sites for hydroxylation is 2. The molecule has 1 atom stereocenters. The minimum absolute atomic E-state index is 0.0162. The van der Waals surface area contributed by atoms with Crippen LogP contribution in [-0.2, 0) is 17.6 Å². The first-order valence-corrected chi connectivity index (χ1v) is 7.67. The monoisotopic (exact) mass is 315 g/mol. The van der Waals surface area contributed by atoms with Crippen LogP contribution >= 0.6 is 0 Å². The summed E-state index contributed by atoms with van der Waals surface area (Å²) in [6.45, 7) is 4.27. The number of carbonyl (C=O) groups excluding carboxylic acids is 1.